The van der Waals surface area contributed by atoms with Crippen LogP contribution in [0.1, 0.15) is 45.1 Å². The van der Waals surface area contributed by atoms with Crippen LogP contribution in [0.15, 0.2) is 17.1 Å². The van der Waals surface area contributed by atoms with Gasteiger partial charge in [-0.1, -0.05) is 19.8 Å². The highest BCUT2D eigenvalue weighted by Crippen LogP contribution is 2.38. The number of hydrogen-bond donors (Lipinski definition) is 2. The minimum absolute atomic E-state index is 0.535. The van der Waals surface area contributed by atoms with Crippen molar-refractivity contribution < 1.29 is 14.2 Å². The van der Waals surface area contributed by atoms with Crippen molar-refractivity contribution in [3.05, 3.63) is 17.7 Å². The van der Waals surface area contributed by atoms with Gasteiger partial charge in [0, 0.05) is 13.1 Å². The van der Waals surface area contributed by atoms with Crippen molar-refractivity contribution in [3.63, 3.8) is 0 Å². The number of methoxy groups -OCH3 is 3. The van der Waals surface area contributed by atoms with E-state index in [1.807, 2.05) is 12.1 Å². The first-order chi connectivity index (χ1) is 13.1. The Hall–Kier alpha value is -2.11. The molecule has 27 heavy (non-hydrogen) atoms. The number of ether oxygens (including phenoxy) is 3. The van der Waals surface area contributed by atoms with Crippen LogP contribution in [0, 0.1) is 11.8 Å². The molecular weight excluding hydrogens is 342 g/mol. The van der Waals surface area contributed by atoms with Crippen LogP contribution in [-0.4, -0.2) is 40.4 Å². The van der Waals surface area contributed by atoms with Crippen LogP contribution in [0.2, 0.25) is 0 Å². The molecule has 0 aromatic heterocycles. The first-order valence-electron chi connectivity index (χ1n) is 9.92. The van der Waals surface area contributed by atoms with Crippen LogP contribution in [0.4, 0.5) is 0 Å². The van der Waals surface area contributed by atoms with E-state index >= 15 is 0 Å². The SMILES string of the molecule is CCNC(=NCc1cc(OC)c(OC)c(OC)c1)NCC1CCCC(C)C1. The molecule has 0 amide bonds. The van der Waals surface area contributed by atoms with Gasteiger partial charge >= 0.3 is 0 Å². The monoisotopic (exact) mass is 377 g/mol. The smallest absolute Gasteiger partial charge is 0.203 e. The fraction of sp³-hybridized carbons (Fsp3) is 0.667. The van der Waals surface area contributed by atoms with E-state index in [1.54, 1.807) is 21.3 Å². The van der Waals surface area contributed by atoms with Crippen molar-refractivity contribution >= 4 is 5.96 Å². The highest BCUT2D eigenvalue weighted by atomic mass is 16.5. The quantitative estimate of drug-likeness (QED) is 0.535. The van der Waals surface area contributed by atoms with Crippen molar-refractivity contribution in [3.8, 4) is 17.2 Å². The molecule has 2 rings (SSSR count). The van der Waals surface area contributed by atoms with Gasteiger partial charge < -0.3 is 24.8 Å². The summed E-state index contributed by atoms with van der Waals surface area (Å²) in [6.07, 6.45) is 5.32. The maximum atomic E-state index is 5.43. The van der Waals surface area contributed by atoms with Crippen LogP contribution in [0.3, 0.4) is 0 Å². The average molecular weight is 378 g/mol. The molecule has 0 radical (unpaired) electrons. The number of hydrogen-bond acceptors (Lipinski definition) is 4. The Morgan fingerprint density at radius 3 is 2.33 bits per heavy atom. The standard InChI is InChI=1S/C21H35N3O3/c1-6-22-21(23-13-16-9-7-8-15(2)10-16)24-14-17-11-18(25-3)20(27-5)19(12-17)26-4/h11-12,15-16H,6-10,13-14H2,1-5H3,(H2,22,23,24). The minimum Gasteiger partial charge on any atom is -0.493 e. The van der Waals surface area contributed by atoms with Gasteiger partial charge in [0.2, 0.25) is 5.75 Å². The molecule has 6 heteroatoms. The Morgan fingerprint density at radius 2 is 1.78 bits per heavy atom. The summed E-state index contributed by atoms with van der Waals surface area (Å²) in [7, 11) is 4.86. The molecule has 152 valence electrons. The third-order valence-electron chi connectivity index (χ3n) is 5.09. The van der Waals surface area contributed by atoms with Gasteiger partial charge in [0.1, 0.15) is 0 Å². The first kappa shape index (κ1) is 21.2. The van der Waals surface area contributed by atoms with Crippen molar-refractivity contribution in [2.24, 2.45) is 16.8 Å². The Morgan fingerprint density at radius 1 is 1.07 bits per heavy atom. The largest absolute Gasteiger partial charge is 0.493 e. The molecule has 1 aromatic rings. The van der Waals surface area contributed by atoms with E-state index in [2.05, 4.69) is 24.5 Å². The Balaban J connectivity index is 2.05. The van der Waals surface area contributed by atoms with Crippen LogP contribution >= 0.6 is 0 Å². The number of nitrogens with zero attached hydrogens (tertiary/aromatic N) is 1. The molecular formula is C21H35N3O3. The van der Waals surface area contributed by atoms with Gasteiger partial charge in [0.15, 0.2) is 17.5 Å². The summed E-state index contributed by atoms with van der Waals surface area (Å²) in [6.45, 7) is 6.79. The van der Waals surface area contributed by atoms with Crippen LogP contribution in [-0.2, 0) is 6.54 Å². The fourth-order valence-electron chi connectivity index (χ4n) is 3.72. The highest BCUT2D eigenvalue weighted by molar-refractivity contribution is 5.79. The van der Waals surface area contributed by atoms with E-state index in [-0.39, 0.29) is 0 Å². The molecule has 0 spiro atoms. The summed E-state index contributed by atoms with van der Waals surface area (Å²) in [5.74, 6) is 4.32. The van der Waals surface area contributed by atoms with Gasteiger partial charge in [-0.25, -0.2) is 4.99 Å². The van der Waals surface area contributed by atoms with Gasteiger partial charge in [-0.05, 0) is 49.3 Å². The molecule has 0 saturated heterocycles. The maximum Gasteiger partial charge on any atom is 0.203 e. The van der Waals surface area contributed by atoms with Gasteiger partial charge in [-0.2, -0.15) is 0 Å². The lowest BCUT2D eigenvalue weighted by Gasteiger charge is -2.27. The van der Waals surface area contributed by atoms with E-state index in [0.29, 0.717) is 23.8 Å². The van der Waals surface area contributed by atoms with E-state index in [0.717, 1.165) is 36.4 Å². The number of rotatable bonds is 8. The molecule has 2 atom stereocenters. The maximum absolute atomic E-state index is 5.43. The Bertz CT molecular complexity index is 594. The number of guanidine groups is 1. The zero-order valence-corrected chi connectivity index (χ0v) is 17.4. The van der Waals surface area contributed by atoms with Crippen molar-refractivity contribution in [1.82, 2.24) is 10.6 Å². The molecule has 0 aliphatic heterocycles. The van der Waals surface area contributed by atoms with Crippen molar-refractivity contribution in [1.29, 1.82) is 0 Å². The second-order valence-electron chi connectivity index (χ2n) is 7.25. The molecule has 0 bridgehead atoms. The number of nitrogens with one attached hydrogen (secondary N) is 2. The third-order valence-corrected chi connectivity index (χ3v) is 5.09. The highest BCUT2D eigenvalue weighted by Gasteiger charge is 2.19. The average Bonchev–Trinajstić information content (AvgIpc) is 2.69. The second-order valence-corrected chi connectivity index (χ2v) is 7.25. The molecule has 1 aromatic carbocycles. The normalized spacial score (nSPS) is 20.1. The Labute approximate surface area is 163 Å². The van der Waals surface area contributed by atoms with E-state index in [1.165, 1.54) is 25.7 Å². The second kappa shape index (κ2) is 10.9. The molecule has 1 aliphatic carbocycles. The number of benzene rings is 1. The van der Waals surface area contributed by atoms with Crippen molar-refractivity contribution in [2.75, 3.05) is 34.4 Å². The van der Waals surface area contributed by atoms with Gasteiger partial charge in [-0.15, -0.1) is 0 Å². The van der Waals surface area contributed by atoms with E-state index in [9.17, 15) is 0 Å². The summed E-state index contributed by atoms with van der Waals surface area (Å²) >= 11 is 0. The van der Waals surface area contributed by atoms with Crippen LogP contribution in [0.5, 0.6) is 17.2 Å². The molecule has 1 fully saturated rings. The van der Waals surface area contributed by atoms with Crippen LogP contribution < -0.4 is 24.8 Å². The summed E-state index contributed by atoms with van der Waals surface area (Å²) in [5.41, 5.74) is 1.01. The first-order valence-corrected chi connectivity index (χ1v) is 9.92. The fourth-order valence-corrected chi connectivity index (χ4v) is 3.72. The van der Waals surface area contributed by atoms with Gasteiger partial charge in [0.05, 0.1) is 27.9 Å². The minimum atomic E-state index is 0.535. The van der Waals surface area contributed by atoms with Crippen molar-refractivity contribution in [2.45, 2.75) is 46.1 Å². The van der Waals surface area contributed by atoms with Gasteiger partial charge in [-0.3, -0.25) is 0 Å². The molecule has 1 aliphatic rings. The summed E-state index contributed by atoms with van der Waals surface area (Å²) < 4.78 is 16.2. The molecule has 2 N–H and O–H groups in total. The molecule has 1 saturated carbocycles. The van der Waals surface area contributed by atoms with E-state index in [4.69, 9.17) is 19.2 Å². The summed E-state index contributed by atoms with van der Waals surface area (Å²) in [5, 5.41) is 6.85. The summed E-state index contributed by atoms with van der Waals surface area (Å²) in [6, 6.07) is 3.88. The zero-order valence-electron chi connectivity index (χ0n) is 17.4. The zero-order chi connectivity index (χ0) is 19.6. The molecule has 6 nitrogen and oxygen atoms in total. The third kappa shape index (κ3) is 6.22. The molecule has 0 heterocycles. The summed E-state index contributed by atoms with van der Waals surface area (Å²) in [4.78, 5) is 4.74. The van der Waals surface area contributed by atoms with E-state index < -0.39 is 0 Å². The lowest BCUT2D eigenvalue weighted by Crippen LogP contribution is -2.40. The Kier molecular flexibility index (Phi) is 8.55. The number of aliphatic imine (C=N–C) groups is 1. The predicted molar refractivity (Wildman–Crippen MR) is 110 cm³/mol. The molecule has 2 unspecified atom stereocenters. The van der Waals surface area contributed by atoms with Gasteiger partial charge in [0.25, 0.3) is 0 Å². The predicted octanol–water partition coefficient (Wildman–Crippen LogP) is 3.59. The van der Waals surface area contributed by atoms with Crippen LogP contribution in [0.25, 0.3) is 0 Å². The lowest BCUT2D eigenvalue weighted by atomic mass is 9.82. The topological polar surface area (TPSA) is 64.1 Å². The lowest BCUT2D eigenvalue weighted by molar-refractivity contribution is 0.282.